The number of halogens is 2. The van der Waals surface area contributed by atoms with E-state index in [1.165, 1.54) is 4.90 Å². The van der Waals surface area contributed by atoms with Gasteiger partial charge in [-0.2, -0.15) is 4.31 Å². The van der Waals surface area contributed by atoms with Crippen LogP contribution in [-0.2, 0) is 14.8 Å². The summed E-state index contributed by atoms with van der Waals surface area (Å²) in [6, 6.07) is 2.18. The van der Waals surface area contributed by atoms with E-state index in [1.54, 1.807) is 20.8 Å². The number of nitrogens with two attached hydrogens (primary N) is 1. The SMILES string of the molecule is CC(C)(C)OC(=O)N1CCN(S(=O)(=O)c2cc(Cl)cc(N)c2F)CC1. The third-order valence-corrected chi connectivity index (χ3v) is 5.66. The average molecular weight is 394 g/mol. The minimum Gasteiger partial charge on any atom is -0.444 e. The van der Waals surface area contributed by atoms with Gasteiger partial charge < -0.3 is 15.4 Å². The molecular formula is C15H21ClFN3O4S. The molecule has 1 aliphatic rings. The number of anilines is 1. The van der Waals surface area contributed by atoms with Crippen LogP contribution in [0, 0.1) is 5.82 Å². The predicted octanol–water partition coefficient (Wildman–Crippen LogP) is 2.30. The maximum atomic E-state index is 14.1. The van der Waals surface area contributed by atoms with Gasteiger partial charge in [-0.25, -0.2) is 17.6 Å². The van der Waals surface area contributed by atoms with Gasteiger partial charge in [0.1, 0.15) is 10.5 Å². The molecule has 0 radical (unpaired) electrons. The fraction of sp³-hybridized carbons (Fsp3) is 0.533. The van der Waals surface area contributed by atoms with Crippen LogP contribution in [0.3, 0.4) is 0 Å². The van der Waals surface area contributed by atoms with E-state index >= 15 is 0 Å². The Kier molecular flexibility index (Phi) is 5.50. The van der Waals surface area contributed by atoms with E-state index < -0.39 is 32.4 Å². The van der Waals surface area contributed by atoms with Crippen LogP contribution in [-0.4, -0.2) is 55.5 Å². The summed E-state index contributed by atoms with van der Waals surface area (Å²) in [6.07, 6.45) is -0.511. The maximum Gasteiger partial charge on any atom is 0.410 e. The van der Waals surface area contributed by atoms with Crippen LogP contribution < -0.4 is 5.73 Å². The van der Waals surface area contributed by atoms with Gasteiger partial charge in [-0.05, 0) is 32.9 Å². The molecule has 140 valence electrons. The lowest BCUT2D eigenvalue weighted by Gasteiger charge is -2.35. The van der Waals surface area contributed by atoms with Crippen molar-refractivity contribution in [1.29, 1.82) is 0 Å². The van der Waals surface area contributed by atoms with Crippen LogP contribution in [0.25, 0.3) is 0 Å². The smallest absolute Gasteiger partial charge is 0.410 e. The van der Waals surface area contributed by atoms with E-state index in [0.717, 1.165) is 16.4 Å². The molecule has 1 amide bonds. The summed E-state index contributed by atoms with van der Waals surface area (Å²) < 4.78 is 45.8. The molecule has 0 spiro atoms. The summed E-state index contributed by atoms with van der Waals surface area (Å²) in [5, 5.41) is 0.0323. The number of carbonyl (C=O) groups excluding carboxylic acids is 1. The Morgan fingerprint density at radius 1 is 1.24 bits per heavy atom. The van der Waals surface area contributed by atoms with E-state index in [4.69, 9.17) is 22.1 Å². The number of piperazine rings is 1. The second kappa shape index (κ2) is 6.97. The number of sulfonamides is 1. The minimum absolute atomic E-state index is 0.0213. The number of benzene rings is 1. The van der Waals surface area contributed by atoms with Crippen LogP contribution >= 0.6 is 11.6 Å². The summed E-state index contributed by atoms with van der Waals surface area (Å²) in [5.41, 5.74) is 4.48. The molecule has 1 aromatic carbocycles. The number of nitrogens with zero attached hydrogens (tertiary/aromatic N) is 2. The highest BCUT2D eigenvalue weighted by atomic mass is 35.5. The molecule has 0 unspecified atom stereocenters. The van der Waals surface area contributed by atoms with E-state index in [0.29, 0.717) is 0 Å². The molecule has 0 atom stereocenters. The van der Waals surface area contributed by atoms with Crippen molar-refractivity contribution in [2.45, 2.75) is 31.3 Å². The van der Waals surface area contributed by atoms with Crippen molar-refractivity contribution in [3.05, 3.63) is 23.0 Å². The van der Waals surface area contributed by atoms with Crippen LogP contribution in [0.1, 0.15) is 20.8 Å². The monoisotopic (exact) mass is 393 g/mol. The molecule has 7 nitrogen and oxygen atoms in total. The highest BCUT2D eigenvalue weighted by Crippen LogP contribution is 2.28. The minimum atomic E-state index is -4.11. The van der Waals surface area contributed by atoms with Crippen LogP contribution in [0.5, 0.6) is 0 Å². The van der Waals surface area contributed by atoms with E-state index in [1.807, 2.05) is 0 Å². The summed E-state index contributed by atoms with van der Waals surface area (Å²) in [5.74, 6) is -1.03. The molecule has 0 aliphatic carbocycles. The first-order valence-electron chi connectivity index (χ1n) is 7.64. The molecule has 1 aromatic rings. The van der Waals surface area contributed by atoms with Crippen molar-refractivity contribution in [1.82, 2.24) is 9.21 Å². The largest absolute Gasteiger partial charge is 0.444 e. The molecule has 0 aromatic heterocycles. The Hall–Kier alpha value is -1.58. The zero-order valence-electron chi connectivity index (χ0n) is 14.3. The predicted molar refractivity (Wildman–Crippen MR) is 92.4 cm³/mol. The summed E-state index contributed by atoms with van der Waals surface area (Å²) in [7, 11) is -4.11. The Morgan fingerprint density at radius 3 is 2.32 bits per heavy atom. The van der Waals surface area contributed by atoms with Crippen molar-refractivity contribution < 1.29 is 22.3 Å². The Balaban J connectivity index is 2.14. The summed E-state index contributed by atoms with van der Waals surface area (Å²) >= 11 is 5.79. The van der Waals surface area contributed by atoms with Crippen molar-refractivity contribution in [2.75, 3.05) is 31.9 Å². The molecule has 1 fully saturated rings. The summed E-state index contributed by atoms with van der Waals surface area (Å²) in [6.45, 7) is 5.58. The van der Waals surface area contributed by atoms with Gasteiger partial charge >= 0.3 is 6.09 Å². The first kappa shape index (κ1) is 19.7. The van der Waals surface area contributed by atoms with Gasteiger partial charge in [0.15, 0.2) is 5.82 Å². The molecule has 2 N–H and O–H groups in total. The van der Waals surface area contributed by atoms with Crippen LogP contribution in [0.4, 0.5) is 14.9 Å². The molecular weight excluding hydrogens is 373 g/mol. The number of ether oxygens (including phenoxy) is 1. The fourth-order valence-electron chi connectivity index (χ4n) is 2.35. The Labute approximate surface area is 151 Å². The van der Waals surface area contributed by atoms with Crippen molar-refractivity contribution >= 4 is 33.4 Å². The van der Waals surface area contributed by atoms with E-state index in [2.05, 4.69) is 0 Å². The quantitative estimate of drug-likeness (QED) is 0.778. The number of nitrogen functional groups attached to an aromatic ring is 1. The normalized spacial score (nSPS) is 16.8. The molecule has 1 saturated heterocycles. The van der Waals surface area contributed by atoms with Gasteiger partial charge in [0, 0.05) is 31.2 Å². The molecule has 2 rings (SSSR count). The average Bonchev–Trinajstić information content (AvgIpc) is 2.49. The van der Waals surface area contributed by atoms with Gasteiger partial charge in [0.2, 0.25) is 10.0 Å². The lowest BCUT2D eigenvalue weighted by Crippen LogP contribution is -2.51. The summed E-state index contributed by atoms with van der Waals surface area (Å²) in [4.78, 5) is 12.9. The first-order valence-corrected chi connectivity index (χ1v) is 9.46. The third kappa shape index (κ3) is 4.53. The second-order valence-electron chi connectivity index (χ2n) is 6.68. The number of carbonyl (C=O) groups is 1. The topological polar surface area (TPSA) is 92.9 Å². The first-order chi connectivity index (χ1) is 11.4. The van der Waals surface area contributed by atoms with Gasteiger partial charge in [-0.15, -0.1) is 0 Å². The van der Waals surface area contributed by atoms with Gasteiger partial charge in [-0.1, -0.05) is 11.6 Å². The van der Waals surface area contributed by atoms with E-state index in [9.17, 15) is 17.6 Å². The zero-order chi connectivity index (χ0) is 19.0. The number of hydrogen-bond donors (Lipinski definition) is 1. The third-order valence-electron chi connectivity index (χ3n) is 3.54. The molecule has 0 bridgehead atoms. The zero-order valence-corrected chi connectivity index (χ0v) is 15.8. The van der Waals surface area contributed by atoms with Crippen LogP contribution in [0.2, 0.25) is 5.02 Å². The lowest BCUT2D eigenvalue weighted by atomic mass is 10.2. The molecule has 1 heterocycles. The highest BCUT2D eigenvalue weighted by Gasteiger charge is 2.34. The Bertz CT molecular complexity index is 772. The maximum absolute atomic E-state index is 14.1. The van der Waals surface area contributed by atoms with Crippen molar-refractivity contribution in [3.8, 4) is 0 Å². The van der Waals surface area contributed by atoms with Crippen molar-refractivity contribution in [2.24, 2.45) is 0 Å². The van der Waals surface area contributed by atoms with Crippen LogP contribution in [0.15, 0.2) is 17.0 Å². The van der Waals surface area contributed by atoms with E-state index in [-0.39, 0.29) is 36.9 Å². The molecule has 25 heavy (non-hydrogen) atoms. The second-order valence-corrected chi connectivity index (χ2v) is 9.02. The van der Waals surface area contributed by atoms with Gasteiger partial charge in [0.25, 0.3) is 0 Å². The number of hydrogen-bond acceptors (Lipinski definition) is 5. The fourth-order valence-corrected chi connectivity index (χ4v) is 4.18. The van der Waals surface area contributed by atoms with Crippen molar-refractivity contribution in [3.63, 3.8) is 0 Å². The Morgan fingerprint density at radius 2 is 1.80 bits per heavy atom. The standard InChI is InChI=1S/C15H21ClFN3O4S/c1-15(2,3)24-14(21)19-4-6-20(7-5-19)25(22,23)12-9-10(16)8-11(18)13(12)17/h8-9H,4-7,18H2,1-3H3. The molecule has 10 heteroatoms. The highest BCUT2D eigenvalue weighted by molar-refractivity contribution is 7.89. The molecule has 0 saturated carbocycles. The van der Waals surface area contributed by atoms with Gasteiger partial charge in [-0.3, -0.25) is 0 Å². The molecule has 1 aliphatic heterocycles. The lowest BCUT2D eigenvalue weighted by molar-refractivity contribution is 0.0192. The van der Waals surface area contributed by atoms with Gasteiger partial charge in [0.05, 0.1) is 5.69 Å². The number of rotatable bonds is 2. The number of amides is 1.